The normalized spacial score (nSPS) is 10.4. The van der Waals surface area contributed by atoms with Crippen LogP contribution in [0.5, 0.6) is 5.75 Å². The molecule has 0 atom stereocenters. The average molecular weight is 441 g/mol. The minimum Gasteiger partial charge on any atom is -0.482 e. The molecule has 2 aromatic heterocycles. The second-order valence-corrected chi connectivity index (χ2v) is 7.00. The predicted octanol–water partition coefficient (Wildman–Crippen LogP) is 2.46. The Hall–Kier alpha value is -4.78. The van der Waals surface area contributed by atoms with Crippen LogP contribution in [0.2, 0.25) is 0 Å². The van der Waals surface area contributed by atoms with Gasteiger partial charge in [0, 0.05) is 5.56 Å². The number of rotatable bonds is 7. The lowest BCUT2D eigenvalue weighted by molar-refractivity contribution is -0.142. The molecular weight excluding hydrogens is 422 g/mol. The van der Waals surface area contributed by atoms with Gasteiger partial charge in [0.05, 0.1) is 42.9 Å². The van der Waals surface area contributed by atoms with Crippen LogP contribution in [0.15, 0.2) is 60.8 Å². The fourth-order valence-corrected chi connectivity index (χ4v) is 3.11. The number of benzene rings is 2. The molecule has 0 amide bonds. The molecule has 0 saturated carbocycles. The van der Waals surface area contributed by atoms with Gasteiger partial charge in [-0.15, -0.1) is 5.10 Å². The lowest BCUT2D eigenvalue weighted by atomic mass is 10.1. The van der Waals surface area contributed by atoms with Crippen LogP contribution in [0.4, 0.5) is 5.95 Å². The Balaban J connectivity index is 1.54. The third-order valence-electron chi connectivity index (χ3n) is 4.66. The molecule has 0 radical (unpaired) electrons. The fraction of sp³-hybridized carbons (Fsp3) is 0.130. The Morgan fingerprint density at radius 2 is 1.91 bits per heavy atom. The first kappa shape index (κ1) is 21.5. The van der Waals surface area contributed by atoms with Crippen LogP contribution in [0.1, 0.15) is 11.1 Å². The van der Waals surface area contributed by atoms with Gasteiger partial charge in [0.25, 0.3) is 0 Å². The Morgan fingerprint density at radius 3 is 2.73 bits per heavy atom. The van der Waals surface area contributed by atoms with Crippen molar-refractivity contribution in [1.82, 2.24) is 25.0 Å². The highest BCUT2D eigenvalue weighted by Gasteiger charge is 2.12. The number of ether oxygens (including phenoxy) is 2. The number of aromatic nitrogens is 5. The number of methoxy groups -OCH3 is 1. The molecule has 4 rings (SSSR count). The topological polar surface area (TPSA) is 142 Å². The summed E-state index contributed by atoms with van der Waals surface area (Å²) < 4.78 is 11.7. The van der Waals surface area contributed by atoms with Crippen LogP contribution in [-0.2, 0) is 16.1 Å². The standard InChI is InChI=1S/C23H19N7O3/c1-32-22(31)14-33-18-7-3-5-16(9-18)12-30-13-21(28-29-30)20-10-19(26-23(25)27-20)17-6-2-4-15(8-17)11-24/h2-10,13H,12,14H2,1H3,(H2,25,26,27). The molecule has 164 valence electrons. The van der Waals surface area contributed by atoms with E-state index < -0.39 is 5.97 Å². The summed E-state index contributed by atoms with van der Waals surface area (Å²) in [6, 6.07) is 18.3. The van der Waals surface area contributed by atoms with E-state index in [4.69, 9.17) is 15.7 Å². The van der Waals surface area contributed by atoms with Crippen LogP contribution in [0, 0.1) is 11.3 Å². The lowest BCUT2D eigenvalue weighted by Gasteiger charge is -2.07. The molecule has 2 heterocycles. The molecule has 0 bridgehead atoms. The average Bonchev–Trinajstić information content (AvgIpc) is 3.31. The zero-order chi connectivity index (χ0) is 23.2. The first-order valence-corrected chi connectivity index (χ1v) is 9.88. The number of nitrogens with two attached hydrogens (primary N) is 1. The van der Waals surface area contributed by atoms with Gasteiger partial charge in [0.1, 0.15) is 11.4 Å². The molecular formula is C23H19N7O3. The smallest absolute Gasteiger partial charge is 0.343 e. The van der Waals surface area contributed by atoms with E-state index in [1.807, 2.05) is 24.3 Å². The molecule has 4 aromatic rings. The molecule has 33 heavy (non-hydrogen) atoms. The molecule has 0 spiro atoms. The van der Waals surface area contributed by atoms with E-state index in [-0.39, 0.29) is 12.6 Å². The van der Waals surface area contributed by atoms with E-state index in [2.05, 4.69) is 31.1 Å². The maximum Gasteiger partial charge on any atom is 0.343 e. The summed E-state index contributed by atoms with van der Waals surface area (Å²) in [5, 5.41) is 17.5. The molecule has 0 aliphatic rings. The minimum atomic E-state index is -0.454. The van der Waals surface area contributed by atoms with Gasteiger partial charge in [0.15, 0.2) is 6.61 Å². The Bertz CT molecular complexity index is 1340. The third-order valence-corrected chi connectivity index (χ3v) is 4.66. The second kappa shape index (κ2) is 9.57. The number of hydrogen-bond acceptors (Lipinski definition) is 9. The van der Waals surface area contributed by atoms with Crippen molar-refractivity contribution >= 4 is 11.9 Å². The third kappa shape index (κ3) is 5.29. The highest BCUT2D eigenvalue weighted by atomic mass is 16.6. The van der Waals surface area contributed by atoms with Crippen LogP contribution in [-0.4, -0.2) is 44.6 Å². The van der Waals surface area contributed by atoms with Crippen molar-refractivity contribution in [2.75, 3.05) is 19.5 Å². The molecule has 10 heteroatoms. The maximum absolute atomic E-state index is 11.3. The molecule has 2 aromatic carbocycles. The van der Waals surface area contributed by atoms with E-state index in [1.54, 1.807) is 41.2 Å². The van der Waals surface area contributed by atoms with Gasteiger partial charge in [-0.2, -0.15) is 5.26 Å². The van der Waals surface area contributed by atoms with Crippen molar-refractivity contribution in [3.05, 3.63) is 71.9 Å². The van der Waals surface area contributed by atoms with Crippen molar-refractivity contribution in [2.45, 2.75) is 6.54 Å². The number of anilines is 1. The van der Waals surface area contributed by atoms with E-state index in [0.717, 1.165) is 11.1 Å². The number of nitrogen functional groups attached to an aromatic ring is 1. The monoisotopic (exact) mass is 441 g/mol. The molecule has 0 saturated heterocycles. The summed E-state index contributed by atoms with van der Waals surface area (Å²) in [7, 11) is 1.31. The predicted molar refractivity (Wildman–Crippen MR) is 119 cm³/mol. The van der Waals surface area contributed by atoms with Crippen LogP contribution in [0.3, 0.4) is 0 Å². The van der Waals surface area contributed by atoms with E-state index >= 15 is 0 Å². The highest BCUT2D eigenvalue weighted by molar-refractivity contribution is 5.71. The highest BCUT2D eigenvalue weighted by Crippen LogP contribution is 2.24. The number of carbonyl (C=O) groups excluding carboxylic acids is 1. The summed E-state index contributed by atoms with van der Waals surface area (Å²) in [5.41, 5.74) is 9.73. The largest absolute Gasteiger partial charge is 0.482 e. The van der Waals surface area contributed by atoms with Gasteiger partial charge in [-0.25, -0.2) is 19.4 Å². The minimum absolute atomic E-state index is 0.0925. The van der Waals surface area contributed by atoms with Gasteiger partial charge < -0.3 is 15.2 Å². The summed E-state index contributed by atoms with van der Waals surface area (Å²) in [6.07, 6.45) is 1.75. The van der Waals surface area contributed by atoms with Gasteiger partial charge in [-0.1, -0.05) is 29.5 Å². The number of carbonyl (C=O) groups is 1. The first-order valence-electron chi connectivity index (χ1n) is 9.88. The fourth-order valence-electron chi connectivity index (χ4n) is 3.11. The molecule has 10 nitrogen and oxygen atoms in total. The molecule has 2 N–H and O–H groups in total. The number of nitrogens with zero attached hydrogens (tertiary/aromatic N) is 6. The van der Waals surface area contributed by atoms with Gasteiger partial charge in [0.2, 0.25) is 5.95 Å². The Kier molecular flexibility index (Phi) is 6.22. The number of hydrogen-bond donors (Lipinski definition) is 1. The van der Waals surface area contributed by atoms with E-state index in [1.165, 1.54) is 7.11 Å². The van der Waals surface area contributed by atoms with Gasteiger partial charge in [-0.05, 0) is 35.9 Å². The SMILES string of the molecule is COC(=O)COc1cccc(Cn2cc(-c3cc(-c4cccc(C#N)c4)nc(N)n3)nn2)c1. The van der Waals surface area contributed by atoms with Crippen LogP contribution < -0.4 is 10.5 Å². The van der Waals surface area contributed by atoms with Crippen molar-refractivity contribution in [3.8, 4) is 34.5 Å². The zero-order valence-corrected chi connectivity index (χ0v) is 17.7. The first-order chi connectivity index (χ1) is 16.0. The van der Waals surface area contributed by atoms with Crippen molar-refractivity contribution in [1.29, 1.82) is 5.26 Å². The Morgan fingerprint density at radius 1 is 1.09 bits per heavy atom. The summed E-state index contributed by atoms with van der Waals surface area (Å²) >= 11 is 0. The number of esters is 1. The van der Waals surface area contributed by atoms with E-state index in [9.17, 15) is 4.79 Å². The number of nitriles is 1. The van der Waals surface area contributed by atoms with Crippen molar-refractivity contribution < 1.29 is 14.3 Å². The second-order valence-electron chi connectivity index (χ2n) is 7.00. The van der Waals surface area contributed by atoms with Gasteiger partial charge in [-0.3, -0.25) is 0 Å². The zero-order valence-electron chi connectivity index (χ0n) is 17.7. The molecule has 0 unspecified atom stereocenters. The molecule has 0 aliphatic carbocycles. The Labute approximate surface area is 189 Å². The van der Waals surface area contributed by atoms with Crippen LogP contribution in [0.25, 0.3) is 22.6 Å². The quantitative estimate of drug-likeness (QED) is 0.428. The van der Waals surface area contributed by atoms with Crippen molar-refractivity contribution in [3.63, 3.8) is 0 Å². The maximum atomic E-state index is 11.3. The van der Waals surface area contributed by atoms with Gasteiger partial charge >= 0.3 is 5.97 Å². The van der Waals surface area contributed by atoms with E-state index in [0.29, 0.717) is 34.9 Å². The van der Waals surface area contributed by atoms with Crippen LogP contribution >= 0.6 is 0 Å². The molecule has 0 aliphatic heterocycles. The summed E-state index contributed by atoms with van der Waals surface area (Å²) in [4.78, 5) is 19.8. The summed E-state index contributed by atoms with van der Waals surface area (Å²) in [6.45, 7) is 0.266. The summed E-state index contributed by atoms with van der Waals surface area (Å²) in [5.74, 6) is 0.185. The lowest BCUT2D eigenvalue weighted by Crippen LogP contribution is -2.12. The van der Waals surface area contributed by atoms with Crippen molar-refractivity contribution in [2.24, 2.45) is 0 Å². The molecule has 0 fully saturated rings.